The van der Waals surface area contributed by atoms with E-state index >= 15 is 0 Å². The summed E-state index contributed by atoms with van der Waals surface area (Å²) in [4.78, 5) is 9.11. The minimum Gasteiger partial charge on any atom is -0.369 e. The third-order valence-electron chi connectivity index (χ3n) is 2.71. The van der Waals surface area contributed by atoms with E-state index in [1.165, 1.54) is 0 Å². The highest BCUT2D eigenvalue weighted by Crippen LogP contribution is 2.22. The molecular formula is C14H15ClIN3. The van der Waals surface area contributed by atoms with Crippen LogP contribution in [0.1, 0.15) is 24.0 Å². The number of benzene rings is 1. The smallest absolute Gasteiger partial charge is 0.143 e. The fourth-order valence-corrected chi connectivity index (χ4v) is 2.43. The van der Waals surface area contributed by atoms with Gasteiger partial charge in [0.15, 0.2) is 0 Å². The molecule has 3 nitrogen and oxygen atoms in total. The molecule has 0 aliphatic carbocycles. The lowest BCUT2D eigenvalue weighted by Crippen LogP contribution is -2.08. The average Bonchev–Trinajstić information content (AvgIpc) is 2.38. The molecule has 0 aliphatic rings. The van der Waals surface area contributed by atoms with Crippen molar-refractivity contribution in [3.8, 4) is 0 Å². The standard InChI is InChI=1S/C14H15ClIN3/c1-3-17-14-13(16)9(2)18-12(19-14)8-10-6-4-5-7-11(10)15/h4-7H,3,8H2,1-2H3,(H,17,18,19). The van der Waals surface area contributed by atoms with Gasteiger partial charge in [-0.25, -0.2) is 9.97 Å². The van der Waals surface area contributed by atoms with Gasteiger partial charge in [0, 0.05) is 18.0 Å². The Morgan fingerprint density at radius 2 is 2.00 bits per heavy atom. The molecule has 100 valence electrons. The van der Waals surface area contributed by atoms with Crippen LogP contribution >= 0.6 is 34.2 Å². The van der Waals surface area contributed by atoms with Crippen molar-refractivity contribution in [2.45, 2.75) is 20.3 Å². The summed E-state index contributed by atoms with van der Waals surface area (Å²) in [6.07, 6.45) is 0.649. The van der Waals surface area contributed by atoms with Gasteiger partial charge in [-0.2, -0.15) is 0 Å². The fourth-order valence-electron chi connectivity index (χ4n) is 1.79. The number of hydrogen-bond donors (Lipinski definition) is 1. The number of anilines is 1. The Kier molecular flexibility index (Phi) is 4.99. The quantitative estimate of drug-likeness (QED) is 0.804. The molecule has 0 amide bonds. The minimum atomic E-state index is 0.649. The van der Waals surface area contributed by atoms with Crippen molar-refractivity contribution in [3.63, 3.8) is 0 Å². The Morgan fingerprint density at radius 1 is 1.26 bits per heavy atom. The number of aromatic nitrogens is 2. The van der Waals surface area contributed by atoms with Crippen LogP contribution in [0.15, 0.2) is 24.3 Å². The molecule has 0 saturated heterocycles. The van der Waals surface area contributed by atoms with Gasteiger partial charge in [-0.15, -0.1) is 0 Å². The van der Waals surface area contributed by atoms with E-state index in [-0.39, 0.29) is 0 Å². The Hall–Kier alpha value is -0.880. The first-order chi connectivity index (χ1) is 9.11. The molecular weight excluding hydrogens is 373 g/mol. The Morgan fingerprint density at radius 3 is 2.68 bits per heavy atom. The molecule has 2 rings (SSSR count). The van der Waals surface area contributed by atoms with Crippen LogP contribution in [0.2, 0.25) is 5.02 Å². The summed E-state index contributed by atoms with van der Waals surface area (Å²) in [5.41, 5.74) is 2.04. The van der Waals surface area contributed by atoms with Gasteiger partial charge >= 0.3 is 0 Å². The summed E-state index contributed by atoms with van der Waals surface area (Å²) in [6, 6.07) is 7.80. The number of rotatable bonds is 4. The van der Waals surface area contributed by atoms with Gasteiger partial charge in [0.05, 0.1) is 9.26 Å². The Balaban J connectivity index is 2.33. The van der Waals surface area contributed by atoms with E-state index < -0.39 is 0 Å². The van der Waals surface area contributed by atoms with E-state index in [0.29, 0.717) is 6.42 Å². The van der Waals surface area contributed by atoms with Gasteiger partial charge in [-0.3, -0.25) is 0 Å². The number of nitrogens with one attached hydrogen (secondary N) is 1. The van der Waals surface area contributed by atoms with Crippen LogP contribution in [0.3, 0.4) is 0 Å². The second kappa shape index (κ2) is 6.52. The molecule has 19 heavy (non-hydrogen) atoms. The lowest BCUT2D eigenvalue weighted by Gasteiger charge is -2.10. The number of halogens is 2. The predicted molar refractivity (Wildman–Crippen MR) is 87.9 cm³/mol. The highest BCUT2D eigenvalue weighted by molar-refractivity contribution is 14.1. The first kappa shape index (κ1) is 14.5. The zero-order valence-corrected chi connectivity index (χ0v) is 13.8. The van der Waals surface area contributed by atoms with Crippen molar-refractivity contribution in [3.05, 3.63) is 49.9 Å². The summed E-state index contributed by atoms with van der Waals surface area (Å²) in [7, 11) is 0. The molecule has 0 atom stereocenters. The second-order valence-electron chi connectivity index (χ2n) is 4.19. The third kappa shape index (κ3) is 3.57. The molecule has 1 aromatic heterocycles. The second-order valence-corrected chi connectivity index (χ2v) is 5.67. The lowest BCUT2D eigenvalue weighted by atomic mass is 10.1. The number of aryl methyl sites for hydroxylation is 1. The van der Waals surface area contributed by atoms with Crippen LogP contribution in [-0.4, -0.2) is 16.5 Å². The molecule has 5 heteroatoms. The summed E-state index contributed by atoms with van der Waals surface area (Å²) in [6.45, 7) is 4.90. The maximum Gasteiger partial charge on any atom is 0.143 e. The molecule has 0 aliphatic heterocycles. The molecule has 1 aromatic carbocycles. The van der Waals surface area contributed by atoms with E-state index in [2.05, 4.69) is 44.8 Å². The highest BCUT2D eigenvalue weighted by atomic mass is 127. The maximum atomic E-state index is 6.17. The van der Waals surface area contributed by atoms with E-state index in [9.17, 15) is 0 Å². The third-order valence-corrected chi connectivity index (χ3v) is 4.37. The molecule has 0 saturated carbocycles. The van der Waals surface area contributed by atoms with Crippen LogP contribution in [0.25, 0.3) is 0 Å². The highest BCUT2D eigenvalue weighted by Gasteiger charge is 2.10. The summed E-state index contributed by atoms with van der Waals surface area (Å²) in [5, 5.41) is 4.02. The fraction of sp³-hybridized carbons (Fsp3) is 0.286. The van der Waals surface area contributed by atoms with E-state index in [4.69, 9.17) is 11.6 Å². The zero-order chi connectivity index (χ0) is 13.8. The van der Waals surface area contributed by atoms with Crippen LogP contribution in [0.4, 0.5) is 5.82 Å². The van der Waals surface area contributed by atoms with Crippen LogP contribution < -0.4 is 5.32 Å². The molecule has 1 heterocycles. The van der Waals surface area contributed by atoms with Crippen molar-refractivity contribution in [1.82, 2.24) is 9.97 Å². The van der Waals surface area contributed by atoms with Crippen molar-refractivity contribution >= 4 is 40.0 Å². The van der Waals surface area contributed by atoms with Gasteiger partial charge in [-0.05, 0) is 48.1 Å². The van der Waals surface area contributed by atoms with Gasteiger partial charge in [0.25, 0.3) is 0 Å². The van der Waals surface area contributed by atoms with Crippen molar-refractivity contribution in [2.24, 2.45) is 0 Å². The maximum absolute atomic E-state index is 6.17. The number of hydrogen-bond acceptors (Lipinski definition) is 3. The lowest BCUT2D eigenvalue weighted by molar-refractivity contribution is 0.929. The topological polar surface area (TPSA) is 37.8 Å². The van der Waals surface area contributed by atoms with Crippen LogP contribution in [-0.2, 0) is 6.42 Å². The molecule has 0 bridgehead atoms. The van der Waals surface area contributed by atoms with E-state index in [1.54, 1.807) is 0 Å². The monoisotopic (exact) mass is 387 g/mol. The summed E-state index contributed by atoms with van der Waals surface area (Å²) < 4.78 is 1.07. The molecule has 0 unspecified atom stereocenters. The van der Waals surface area contributed by atoms with E-state index in [1.807, 2.05) is 31.2 Å². The average molecular weight is 388 g/mol. The molecule has 0 fully saturated rings. The van der Waals surface area contributed by atoms with Crippen molar-refractivity contribution in [2.75, 3.05) is 11.9 Å². The van der Waals surface area contributed by atoms with Crippen molar-refractivity contribution in [1.29, 1.82) is 0 Å². The SMILES string of the molecule is CCNc1nc(Cc2ccccc2Cl)nc(C)c1I. The van der Waals surface area contributed by atoms with Crippen LogP contribution in [0.5, 0.6) is 0 Å². The first-order valence-electron chi connectivity index (χ1n) is 6.12. The molecule has 2 aromatic rings. The van der Waals surface area contributed by atoms with Gasteiger partial charge in [0.1, 0.15) is 11.6 Å². The normalized spacial score (nSPS) is 10.5. The zero-order valence-electron chi connectivity index (χ0n) is 10.9. The number of nitrogens with zero attached hydrogens (tertiary/aromatic N) is 2. The largest absolute Gasteiger partial charge is 0.369 e. The minimum absolute atomic E-state index is 0.649. The summed E-state index contributed by atoms with van der Waals surface area (Å²) >= 11 is 8.44. The summed E-state index contributed by atoms with van der Waals surface area (Å²) in [5.74, 6) is 1.69. The molecule has 1 N–H and O–H groups in total. The van der Waals surface area contributed by atoms with Gasteiger partial charge in [0.2, 0.25) is 0 Å². The Labute approximate surface area is 132 Å². The molecule has 0 spiro atoms. The van der Waals surface area contributed by atoms with E-state index in [0.717, 1.165) is 38.0 Å². The molecule has 0 radical (unpaired) electrons. The van der Waals surface area contributed by atoms with Gasteiger partial charge in [-0.1, -0.05) is 29.8 Å². The predicted octanol–water partition coefficient (Wildman–Crippen LogP) is 4.07. The first-order valence-corrected chi connectivity index (χ1v) is 7.57. The Bertz CT molecular complexity index is 587. The van der Waals surface area contributed by atoms with Gasteiger partial charge < -0.3 is 5.32 Å². The van der Waals surface area contributed by atoms with Crippen molar-refractivity contribution < 1.29 is 0 Å². The van der Waals surface area contributed by atoms with Crippen LogP contribution in [0, 0.1) is 10.5 Å².